The fraction of sp³-hybridized carbons (Fsp3) is 0. The molecule has 0 aliphatic rings. The van der Waals surface area contributed by atoms with Gasteiger partial charge in [0, 0.05) is 0 Å². The Bertz CT molecular complexity index is 92.9. The van der Waals surface area contributed by atoms with Gasteiger partial charge in [0.2, 0.25) is 0 Å². The van der Waals surface area contributed by atoms with Gasteiger partial charge >= 0.3 is 55.2 Å². The van der Waals surface area contributed by atoms with Crippen molar-refractivity contribution in [2.45, 2.75) is 0 Å². The van der Waals surface area contributed by atoms with Gasteiger partial charge in [-0.2, -0.15) is 8.42 Å². The van der Waals surface area contributed by atoms with Crippen molar-refractivity contribution in [1.82, 2.24) is 0 Å². The van der Waals surface area contributed by atoms with E-state index < -0.39 is 10.4 Å². The Kier molecular flexibility index (Phi) is 12.4. The molecule has 0 amide bonds. The maximum absolute atomic E-state index is 8.74. The first-order valence-electron chi connectivity index (χ1n) is 0.698. The van der Waals surface area contributed by atoms with Crippen LogP contribution in [0, 0.1) is 0 Å². The minimum absolute atomic E-state index is 0. The molecular formula is H2Ag2O4S+2. The van der Waals surface area contributed by atoms with E-state index in [0.717, 1.165) is 0 Å². The Balaban J connectivity index is -0.0000000800. The number of hydrogen-bond acceptors (Lipinski definition) is 2. The van der Waals surface area contributed by atoms with Gasteiger partial charge in [-0.05, 0) is 0 Å². The van der Waals surface area contributed by atoms with Gasteiger partial charge in [-0.25, -0.2) is 0 Å². The monoisotopic (exact) mass is 312 g/mol. The summed E-state index contributed by atoms with van der Waals surface area (Å²) in [5.74, 6) is 0. The van der Waals surface area contributed by atoms with E-state index in [2.05, 4.69) is 0 Å². The van der Waals surface area contributed by atoms with Crippen LogP contribution in [0.4, 0.5) is 0 Å². The molecule has 0 bridgehead atoms. The topological polar surface area (TPSA) is 74.6 Å². The molecule has 0 aromatic rings. The van der Waals surface area contributed by atoms with Crippen molar-refractivity contribution in [3.63, 3.8) is 0 Å². The third kappa shape index (κ3) is 115. The molecule has 0 aliphatic carbocycles. The van der Waals surface area contributed by atoms with Gasteiger partial charge in [0.05, 0.1) is 0 Å². The van der Waals surface area contributed by atoms with E-state index in [0.29, 0.717) is 0 Å². The fourth-order valence-corrected chi connectivity index (χ4v) is 0. The van der Waals surface area contributed by atoms with Gasteiger partial charge < -0.3 is 0 Å². The van der Waals surface area contributed by atoms with Crippen LogP contribution in [0.1, 0.15) is 0 Å². The van der Waals surface area contributed by atoms with Crippen LogP contribution in [0.3, 0.4) is 0 Å². The number of rotatable bonds is 0. The van der Waals surface area contributed by atoms with Gasteiger partial charge in [0.25, 0.3) is 0 Å². The summed E-state index contributed by atoms with van der Waals surface area (Å²) in [5.41, 5.74) is 0. The molecule has 7 heavy (non-hydrogen) atoms. The SMILES string of the molecule is O=S(=O)(O)O.[Ag+].[Ag+]. The molecule has 2 N–H and O–H groups in total. The predicted molar refractivity (Wildman–Crippen MR) is 14.2 cm³/mol. The van der Waals surface area contributed by atoms with Crippen molar-refractivity contribution in [2.75, 3.05) is 0 Å². The molecule has 0 spiro atoms. The molecule has 0 aromatic carbocycles. The summed E-state index contributed by atoms with van der Waals surface area (Å²) in [4.78, 5) is 0. The van der Waals surface area contributed by atoms with Crippen molar-refractivity contribution in [2.24, 2.45) is 0 Å². The Morgan fingerprint density at radius 2 is 1.00 bits per heavy atom. The fourth-order valence-electron chi connectivity index (χ4n) is 0. The summed E-state index contributed by atoms with van der Waals surface area (Å²) in [6.07, 6.45) is 0. The van der Waals surface area contributed by atoms with Crippen LogP contribution >= 0.6 is 0 Å². The first kappa shape index (κ1) is 15.8. The average Bonchev–Trinajstić information content (AvgIpc) is 0.722. The standard InChI is InChI=1S/2Ag.H2O4S/c;;1-5(2,3)4/h;;(H2,1,2,3,4)/q2*+1;. The summed E-state index contributed by atoms with van der Waals surface area (Å²) in [6, 6.07) is 0. The predicted octanol–water partition coefficient (Wildman–Crippen LogP) is -0.658. The van der Waals surface area contributed by atoms with Gasteiger partial charge in [0.15, 0.2) is 0 Å². The second kappa shape index (κ2) is 5.49. The zero-order valence-corrected chi connectivity index (χ0v) is 6.50. The molecule has 0 heterocycles. The molecular weight excluding hydrogens is 312 g/mol. The zero-order valence-electron chi connectivity index (χ0n) is 2.72. The van der Waals surface area contributed by atoms with Crippen molar-refractivity contribution in [3.05, 3.63) is 0 Å². The Morgan fingerprint density at radius 3 is 1.00 bits per heavy atom. The van der Waals surface area contributed by atoms with E-state index >= 15 is 0 Å². The normalized spacial score (nSPS) is 8.29. The van der Waals surface area contributed by atoms with Crippen LogP contribution in [0.5, 0.6) is 0 Å². The minimum atomic E-state index is -4.67. The third-order valence-electron chi connectivity index (χ3n) is 0. The summed E-state index contributed by atoms with van der Waals surface area (Å²) >= 11 is 0. The van der Waals surface area contributed by atoms with Crippen LogP contribution in [0.25, 0.3) is 0 Å². The van der Waals surface area contributed by atoms with Crippen LogP contribution in [-0.2, 0) is 55.2 Å². The van der Waals surface area contributed by atoms with Crippen molar-refractivity contribution in [3.8, 4) is 0 Å². The summed E-state index contributed by atoms with van der Waals surface area (Å²) in [5, 5.41) is 0. The van der Waals surface area contributed by atoms with E-state index in [9.17, 15) is 0 Å². The molecule has 0 unspecified atom stereocenters. The smallest absolute Gasteiger partial charge is 0.264 e. The summed E-state index contributed by atoms with van der Waals surface area (Å²) in [7, 11) is -4.67. The van der Waals surface area contributed by atoms with Crippen LogP contribution in [0.15, 0.2) is 0 Å². The molecule has 0 aliphatic heterocycles. The molecule has 0 fully saturated rings. The van der Waals surface area contributed by atoms with Gasteiger partial charge in [-0.1, -0.05) is 0 Å². The largest absolute Gasteiger partial charge is 1.00 e. The van der Waals surface area contributed by atoms with Crippen molar-refractivity contribution >= 4 is 10.4 Å². The van der Waals surface area contributed by atoms with Gasteiger partial charge in [-0.3, -0.25) is 9.11 Å². The second-order valence-electron chi connectivity index (χ2n) is 0.448. The molecule has 0 saturated carbocycles. The molecule has 0 radical (unpaired) electrons. The van der Waals surface area contributed by atoms with E-state index in [1.165, 1.54) is 0 Å². The van der Waals surface area contributed by atoms with Crippen molar-refractivity contribution < 1.29 is 62.3 Å². The molecule has 7 heteroatoms. The molecule has 0 rings (SSSR count). The maximum Gasteiger partial charge on any atom is 1.00 e. The van der Waals surface area contributed by atoms with E-state index in [-0.39, 0.29) is 44.8 Å². The molecule has 0 aromatic heterocycles. The van der Waals surface area contributed by atoms with Crippen molar-refractivity contribution in [1.29, 1.82) is 0 Å². The van der Waals surface area contributed by atoms with Crippen LogP contribution < -0.4 is 0 Å². The zero-order chi connectivity index (χ0) is 4.50. The summed E-state index contributed by atoms with van der Waals surface area (Å²) < 4.78 is 31.6. The van der Waals surface area contributed by atoms with Gasteiger partial charge in [0.1, 0.15) is 0 Å². The van der Waals surface area contributed by atoms with Crippen LogP contribution in [0.2, 0.25) is 0 Å². The molecule has 0 saturated heterocycles. The maximum atomic E-state index is 8.74. The van der Waals surface area contributed by atoms with E-state index in [4.69, 9.17) is 17.5 Å². The van der Waals surface area contributed by atoms with Gasteiger partial charge in [-0.15, -0.1) is 0 Å². The quantitative estimate of drug-likeness (QED) is 0.460. The molecule has 52 valence electrons. The summed E-state index contributed by atoms with van der Waals surface area (Å²) in [6.45, 7) is 0. The first-order chi connectivity index (χ1) is 2.00. The number of hydrogen-bond donors (Lipinski definition) is 2. The Hall–Kier alpha value is 1.35. The minimum Gasteiger partial charge on any atom is -0.264 e. The molecule has 4 nitrogen and oxygen atoms in total. The van der Waals surface area contributed by atoms with E-state index in [1.54, 1.807) is 0 Å². The Labute approximate surface area is 72.3 Å². The van der Waals surface area contributed by atoms with E-state index in [1.807, 2.05) is 0 Å². The van der Waals surface area contributed by atoms with Crippen LogP contribution in [-0.4, -0.2) is 17.5 Å². The third-order valence-corrected chi connectivity index (χ3v) is 0. The average molecular weight is 314 g/mol. The second-order valence-corrected chi connectivity index (χ2v) is 1.34. The first-order valence-corrected chi connectivity index (χ1v) is 2.10. The molecule has 0 atom stereocenters. The Morgan fingerprint density at radius 1 is 1.00 bits per heavy atom.